The van der Waals surface area contributed by atoms with Crippen LogP contribution >= 0.6 is 39.0 Å². The third-order valence-electron chi connectivity index (χ3n) is 4.28. The van der Waals surface area contributed by atoms with Crippen LogP contribution in [0.5, 0.6) is 0 Å². The van der Waals surface area contributed by atoms with E-state index >= 15 is 0 Å². The maximum absolute atomic E-state index is 12.3. The summed E-state index contributed by atoms with van der Waals surface area (Å²) in [7, 11) is 0. The number of rotatable bonds is 10. The van der Waals surface area contributed by atoms with Gasteiger partial charge < -0.3 is 10.1 Å². The molecule has 1 amide bonds. The number of ether oxygens (including phenoxy) is 1. The number of anilines is 1. The highest BCUT2D eigenvalue weighted by Crippen LogP contribution is 2.27. The zero-order chi connectivity index (χ0) is 22.1. The number of unbranched alkanes of at least 4 members (excludes halogenated alkanes) is 1. The van der Waals surface area contributed by atoms with Gasteiger partial charge in [-0.3, -0.25) is 4.79 Å². The van der Waals surface area contributed by atoms with Crippen LogP contribution in [0.3, 0.4) is 0 Å². The van der Waals surface area contributed by atoms with Gasteiger partial charge in [0, 0.05) is 21.3 Å². The number of esters is 1. The highest BCUT2D eigenvalue weighted by Gasteiger charge is 2.11. The summed E-state index contributed by atoms with van der Waals surface area (Å²) < 4.78 is 7.19. The fourth-order valence-electron chi connectivity index (χ4n) is 2.61. The largest absolute Gasteiger partial charge is 0.462 e. The van der Waals surface area contributed by atoms with Crippen LogP contribution in [0.4, 0.5) is 5.69 Å². The van der Waals surface area contributed by atoms with E-state index in [0.29, 0.717) is 17.9 Å². The molecular weight excluding hydrogens is 496 g/mol. The highest BCUT2D eigenvalue weighted by molar-refractivity contribution is 9.10. The standard InChI is InChI=1S/C23H23BrN2O3S2/c1-2-3-12-29-22(28)17-6-10-19(11-7-17)25-21(27)13-20-15-31-23(26-20)30-14-16-4-8-18(24)9-5-16/h4-11,15H,2-3,12-14H2,1H3,(H,25,27). The van der Waals surface area contributed by atoms with Crippen LogP contribution in [0.15, 0.2) is 62.7 Å². The summed E-state index contributed by atoms with van der Waals surface area (Å²) in [6.45, 7) is 2.46. The molecule has 3 rings (SSSR count). The lowest BCUT2D eigenvalue weighted by Gasteiger charge is -2.06. The van der Waals surface area contributed by atoms with Crippen molar-refractivity contribution >= 4 is 56.6 Å². The fraction of sp³-hybridized carbons (Fsp3) is 0.261. The molecule has 0 aliphatic heterocycles. The molecule has 162 valence electrons. The molecule has 1 N–H and O–H groups in total. The first kappa shape index (κ1) is 23.5. The second kappa shape index (κ2) is 12.0. The molecule has 0 radical (unpaired) electrons. The van der Waals surface area contributed by atoms with Gasteiger partial charge in [-0.2, -0.15) is 0 Å². The van der Waals surface area contributed by atoms with Crippen LogP contribution < -0.4 is 5.32 Å². The van der Waals surface area contributed by atoms with Gasteiger partial charge in [0.25, 0.3) is 0 Å². The topological polar surface area (TPSA) is 68.3 Å². The number of aromatic nitrogens is 1. The quantitative estimate of drug-likeness (QED) is 0.192. The number of carbonyl (C=O) groups is 2. The maximum Gasteiger partial charge on any atom is 0.338 e. The summed E-state index contributed by atoms with van der Waals surface area (Å²) in [4.78, 5) is 28.8. The number of thiazole rings is 1. The number of amides is 1. The van der Waals surface area contributed by atoms with Crippen molar-refractivity contribution < 1.29 is 14.3 Å². The zero-order valence-electron chi connectivity index (χ0n) is 17.1. The Morgan fingerprint density at radius 1 is 1.13 bits per heavy atom. The molecule has 31 heavy (non-hydrogen) atoms. The van der Waals surface area contributed by atoms with Crippen LogP contribution in [0, 0.1) is 0 Å². The summed E-state index contributed by atoms with van der Waals surface area (Å²) in [6.07, 6.45) is 2.03. The molecule has 5 nitrogen and oxygen atoms in total. The van der Waals surface area contributed by atoms with E-state index in [1.165, 1.54) is 5.56 Å². The van der Waals surface area contributed by atoms with Gasteiger partial charge in [-0.15, -0.1) is 11.3 Å². The highest BCUT2D eigenvalue weighted by atomic mass is 79.9. The van der Waals surface area contributed by atoms with Crippen molar-refractivity contribution in [3.8, 4) is 0 Å². The Hall–Kier alpha value is -2.16. The molecule has 3 aromatic rings. The molecular formula is C23H23BrN2O3S2. The van der Waals surface area contributed by atoms with Gasteiger partial charge in [0.05, 0.1) is 24.3 Å². The van der Waals surface area contributed by atoms with Gasteiger partial charge in [-0.05, 0) is 48.4 Å². The van der Waals surface area contributed by atoms with Crippen LogP contribution in [0.2, 0.25) is 0 Å². The predicted molar refractivity (Wildman–Crippen MR) is 130 cm³/mol. The zero-order valence-corrected chi connectivity index (χ0v) is 20.3. The molecule has 0 aliphatic rings. The Kier molecular flexibility index (Phi) is 9.12. The molecule has 0 bridgehead atoms. The van der Waals surface area contributed by atoms with Crippen LogP contribution in [0.25, 0.3) is 0 Å². The van der Waals surface area contributed by atoms with Gasteiger partial charge in [-0.1, -0.05) is 53.2 Å². The Morgan fingerprint density at radius 2 is 1.87 bits per heavy atom. The fourth-order valence-corrected chi connectivity index (χ4v) is 4.68. The first-order chi connectivity index (χ1) is 15.0. The molecule has 0 saturated carbocycles. The number of hydrogen-bond donors (Lipinski definition) is 1. The third kappa shape index (κ3) is 7.79. The number of benzene rings is 2. The monoisotopic (exact) mass is 518 g/mol. The number of nitrogens with one attached hydrogen (secondary N) is 1. The lowest BCUT2D eigenvalue weighted by Crippen LogP contribution is -2.14. The second-order valence-corrected chi connectivity index (χ2v) is 9.81. The summed E-state index contributed by atoms with van der Waals surface area (Å²) in [5.74, 6) is 0.342. The number of hydrogen-bond acceptors (Lipinski definition) is 6. The smallest absolute Gasteiger partial charge is 0.338 e. The number of nitrogens with zero attached hydrogens (tertiary/aromatic N) is 1. The average Bonchev–Trinajstić information content (AvgIpc) is 3.21. The summed E-state index contributed by atoms with van der Waals surface area (Å²) in [6, 6.07) is 14.9. The molecule has 2 aromatic carbocycles. The van der Waals surface area contributed by atoms with Gasteiger partial charge in [0.2, 0.25) is 5.91 Å². The number of thioether (sulfide) groups is 1. The molecule has 0 fully saturated rings. The normalized spacial score (nSPS) is 10.6. The van der Waals surface area contributed by atoms with Gasteiger partial charge in [0.1, 0.15) is 4.34 Å². The van der Waals surface area contributed by atoms with E-state index in [1.54, 1.807) is 47.4 Å². The summed E-state index contributed by atoms with van der Waals surface area (Å²) in [5.41, 5.74) is 3.08. The molecule has 0 saturated heterocycles. The molecule has 0 aliphatic carbocycles. The number of carbonyl (C=O) groups excluding carboxylic acids is 2. The minimum atomic E-state index is -0.345. The van der Waals surface area contributed by atoms with Gasteiger partial charge in [0.15, 0.2) is 0 Å². The predicted octanol–water partition coefficient (Wildman–Crippen LogP) is 6.34. The molecule has 1 aromatic heterocycles. The maximum atomic E-state index is 12.3. The summed E-state index contributed by atoms with van der Waals surface area (Å²) >= 11 is 6.64. The SMILES string of the molecule is CCCCOC(=O)c1ccc(NC(=O)Cc2csc(SCc3ccc(Br)cc3)n2)cc1. The van der Waals surface area contributed by atoms with E-state index in [4.69, 9.17) is 4.74 Å². The van der Waals surface area contributed by atoms with Crippen LogP contribution in [0.1, 0.15) is 41.4 Å². The van der Waals surface area contributed by atoms with Crippen molar-refractivity contribution in [2.24, 2.45) is 0 Å². The number of halogens is 1. The van der Waals surface area contributed by atoms with Crippen molar-refractivity contribution in [1.29, 1.82) is 0 Å². The van der Waals surface area contributed by atoms with Crippen molar-refractivity contribution in [2.75, 3.05) is 11.9 Å². The van der Waals surface area contributed by atoms with Crippen molar-refractivity contribution in [1.82, 2.24) is 4.98 Å². The Morgan fingerprint density at radius 3 is 2.58 bits per heavy atom. The lowest BCUT2D eigenvalue weighted by molar-refractivity contribution is -0.115. The molecule has 0 spiro atoms. The lowest BCUT2D eigenvalue weighted by atomic mass is 10.2. The minimum Gasteiger partial charge on any atom is -0.462 e. The van der Waals surface area contributed by atoms with Crippen molar-refractivity contribution in [2.45, 2.75) is 36.3 Å². The van der Waals surface area contributed by atoms with Gasteiger partial charge in [-0.25, -0.2) is 9.78 Å². The Labute approximate surface area is 198 Å². The second-order valence-electron chi connectivity index (χ2n) is 6.81. The molecule has 1 heterocycles. The van der Waals surface area contributed by atoms with E-state index in [0.717, 1.165) is 33.1 Å². The average molecular weight is 519 g/mol. The van der Waals surface area contributed by atoms with Crippen LogP contribution in [-0.4, -0.2) is 23.5 Å². The molecule has 0 atom stereocenters. The molecule has 0 unspecified atom stereocenters. The minimum absolute atomic E-state index is 0.145. The van der Waals surface area contributed by atoms with E-state index in [1.807, 2.05) is 24.4 Å². The van der Waals surface area contributed by atoms with E-state index in [2.05, 4.69) is 38.4 Å². The third-order valence-corrected chi connectivity index (χ3v) is 6.95. The summed E-state index contributed by atoms with van der Waals surface area (Å²) in [5, 5.41) is 4.76. The van der Waals surface area contributed by atoms with Crippen molar-refractivity contribution in [3.05, 3.63) is 75.2 Å². The Balaban J connectivity index is 1.46. The Bertz CT molecular complexity index is 1000. The van der Waals surface area contributed by atoms with Gasteiger partial charge >= 0.3 is 5.97 Å². The van der Waals surface area contributed by atoms with E-state index < -0.39 is 0 Å². The molecule has 8 heteroatoms. The van der Waals surface area contributed by atoms with Crippen molar-refractivity contribution in [3.63, 3.8) is 0 Å². The first-order valence-electron chi connectivity index (χ1n) is 9.92. The van der Waals surface area contributed by atoms with E-state index in [9.17, 15) is 9.59 Å². The first-order valence-corrected chi connectivity index (χ1v) is 12.6. The van der Waals surface area contributed by atoms with Crippen LogP contribution in [-0.2, 0) is 21.7 Å². The van der Waals surface area contributed by atoms with E-state index in [-0.39, 0.29) is 18.3 Å².